The van der Waals surface area contributed by atoms with Gasteiger partial charge in [-0.05, 0) is 26.0 Å². The Morgan fingerprint density at radius 1 is 1.31 bits per heavy atom. The van der Waals surface area contributed by atoms with Crippen LogP contribution in [0.1, 0.15) is 13.8 Å². The van der Waals surface area contributed by atoms with Gasteiger partial charge < -0.3 is 0 Å². The molecule has 0 saturated carbocycles. The van der Waals surface area contributed by atoms with Gasteiger partial charge in [0.05, 0.1) is 5.02 Å². The lowest BCUT2D eigenvalue weighted by molar-refractivity contribution is 0.496. The van der Waals surface area contributed by atoms with E-state index in [-0.39, 0.29) is 15.8 Å². The second-order valence-electron chi connectivity index (χ2n) is 4.05. The van der Waals surface area contributed by atoms with Crippen molar-refractivity contribution in [3.05, 3.63) is 29.3 Å². The van der Waals surface area contributed by atoms with E-state index in [1.54, 1.807) is 26.0 Å². The lowest BCUT2D eigenvalue weighted by Crippen LogP contribution is -2.44. The van der Waals surface area contributed by atoms with Gasteiger partial charge in [-0.25, -0.2) is 13.1 Å². The second kappa shape index (κ2) is 4.92. The lowest BCUT2D eigenvalue weighted by Gasteiger charge is -2.23. The first-order valence-corrected chi connectivity index (χ1v) is 7.02. The van der Waals surface area contributed by atoms with Crippen molar-refractivity contribution in [3.8, 4) is 0 Å². The van der Waals surface area contributed by atoms with Gasteiger partial charge in [-0.3, -0.25) is 0 Å². The molecule has 0 aliphatic carbocycles. The number of benzene rings is 1. The Balaban J connectivity index is 3.09. The van der Waals surface area contributed by atoms with Crippen molar-refractivity contribution in [1.29, 1.82) is 0 Å². The Hall–Kier alpha value is -0.290. The van der Waals surface area contributed by atoms with Gasteiger partial charge in [0.15, 0.2) is 0 Å². The van der Waals surface area contributed by atoms with Crippen molar-refractivity contribution in [1.82, 2.24) is 4.72 Å². The highest BCUT2D eigenvalue weighted by Crippen LogP contribution is 2.22. The Bertz CT molecular complexity index is 471. The van der Waals surface area contributed by atoms with E-state index in [4.69, 9.17) is 23.2 Å². The maximum Gasteiger partial charge on any atom is 0.242 e. The quantitative estimate of drug-likeness (QED) is 0.863. The highest BCUT2D eigenvalue weighted by molar-refractivity contribution is 7.89. The molecule has 0 atom stereocenters. The number of sulfonamides is 1. The minimum atomic E-state index is -3.63. The number of nitrogens with one attached hydrogen (secondary N) is 1. The first-order valence-electron chi connectivity index (χ1n) is 4.63. The molecule has 0 spiro atoms. The molecular weight excluding hydrogens is 269 g/mol. The zero-order valence-corrected chi connectivity index (χ0v) is 11.3. The van der Waals surface area contributed by atoms with Crippen LogP contribution in [-0.2, 0) is 10.0 Å². The summed E-state index contributed by atoms with van der Waals surface area (Å²) in [5, 5.41) is 0.195. The number of alkyl halides is 1. The Labute approximate surface area is 106 Å². The molecule has 0 radical (unpaired) electrons. The van der Waals surface area contributed by atoms with E-state index < -0.39 is 15.6 Å². The molecule has 0 amide bonds. The fourth-order valence-electron chi connectivity index (χ4n) is 1.11. The van der Waals surface area contributed by atoms with Crippen LogP contribution >= 0.6 is 23.2 Å². The van der Waals surface area contributed by atoms with E-state index in [2.05, 4.69) is 4.72 Å². The SMILES string of the molecule is CC(C)(CCl)NS(=O)(=O)c1ccccc1Cl. The van der Waals surface area contributed by atoms with Crippen LogP contribution < -0.4 is 4.72 Å². The van der Waals surface area contributed by atoms with Crippen LogP contribution in [0.5, 0.6) is 0 Å². The predicted octanol–water partition coefficient (Wildman–Crippen LogP) is 2.64. The first-order chi connectivity index (χ1) is 7.28. The summed E-state index contributed by atoms with van der Waals surface area (Å²) in [5.41, 5.74) is -0.709. The highest BCUT2D eigenvalue weighted by Gasteiger charge is 2.26. The minimum absolute atomic E-state index is 0.0647. The molecule has 1 rings (SSSR count). The summed E-state index contributed by atoms with van der Waals surface area (Å²) in [6.45, 7) is 3.41. The van der Waals surface area contributed by atoms with Gasteiger partial charge in [0.1, 0.15) is 4.90 Å². The van der Waals surface area contributed by atoms with Crippen molar-refractivity contribution in [2.45, 2.75) is 24.3 Å². The fraction of sp³-hybridized carbons (Fsp3) is 0.400. The summed E-state index contributed by atoms with van der Waals surface area (Å²) >= 11 is 11.5. The molecule has 0 saturated heterocycles. The van der Waals surface area contributed by atoms with Crippen LogP contribution in [0.4, 0.5) is 0 Å². The van der Waals surface area contributed by atoms with Gasteiger partial charge in [0.2, 0.25) is 10.0 Å². The number of rotatable bonds is 4. The molecule has 16 heavy (non-hydrogen) atoms. The molecular formula is C10H13Cl2NO2S. The van der Waals surface area contributed by atoms with E-state index in [0.29, 0.717) is 0 Å². The van der Waals surface area contributed by atoms with Gasteiger partial charge in [0.25, 0.3) is 0 Å². The molecule has 6 heteroatoms. The summed E-state index contributed by atoms with van der Waals surface area (Å²) in [4.78, 5) is 0.0647. The first kappa shape index (κ1) is 13.8. The Morgan fingerprint density at radius 3 is 2.38 bits per heavy atom. The molecule has 1 N–H and O–H groups in total. The zero-order chi connectivity index (χ0) is 12.4. The summed E-state index contributed by atoms with van der Waals surface area (Å²) in [5.74, 6) is 0.177. The van der Waals surface area contributed by atoms with Crippen LogP contribution in [0.3, 0.4) is 0 Å². The minimum Gasteiger partial charge on any atom is -0.207 e. The molecule has 0 bridgehead atoms. The largest absolute Gasteiger partial charge is 0.242 e. The molecule has 1 aromatic carbocycles. The molecule has 3 nitrogen and oxygen atoms in total. The monoisotopic (exact) mass is 281 g/mol. The molecule has 0 unspecified atom stereocenters. The maximum absolute atomic E-state index is 12.0. The second-order valence-corrected chi connectivity index (χ2v) is 6.38. The van der Waals surface area contributed by atoms with E-state index in [0.717, 1.165) is 0 Å². The van der Waals surface area contributed by atoms with Crippen LogP contribution in [-0.4, -0.2) is 19.8 Å². The summed E-state index contributed by atoms with van der Waals surface area (Å²) in [7, 11) is -3.63. The third-order valence-corrected chi connectivity index (χ3v) is 4.74. The zero-order valence-electron chi connectivity index (χ0n) is 9.00. The lowest BCUT2D eigenvalue weighted by atomic mass is 10.1. The van der Waals surface area contributed by atoms with Gasteiger partial charge in [-0.15, -0.1) is 11.6 Å². The van der Waals surface area contributed by atoms with E-state index in [1.807, 2.05) is 0 Å². The van der Waals surface area contributed by atoms with Crippen molar-refractivity contribution in [2.75, 3.05) is 5.88 Å². The van der Waals surface area contributed by atoms with Crippen LogP contribution in [0.15, 0.2) is 29.2 Å². The van der Waals surface area contributed by atoms with Gasteiger partial charge in [-0.1, -0.05) is 23.7 Å². The van der Waals surface area contributed by atoms with Gasteiger partial charge >= 0.3 is 0 Å². The summed E-state index contributed by atoms with van der Waals surface area (Å²) < 4.78 is 26.4. The fourth-order valence-corrected chi connectivity index (χ4v) is 3.19. The molecule has 0 aliphatic heterocycles. The van der Waals surface area contributed by atoms with Crippen molar-refractivity contribution >= 4 is 33.2 Å². The molecule has 1 aromatic rings. The number of hydrogen-bond donors (Lipinski definition) is 1. The standard InChI is InChI=1S/C10H13Cl2NO2S/c1-10(2,7-11)13-16(14,15)9-6-4-3-5-8(9)12/h3-6,13H,7H2,1-2H3. The van der Waals surface area contributed by atoms with E-state index in [9.17, 15) is 8.42 Å². The molecule has 0 heterocycles. The van der Waals surface area contributed by atoms with Crippen molar-refractivity contribution < 1.29 is 8.42 Å². The average Bonchev–Trinajstić information content (AvgIpc) is 2.16. The Morgan fingerprint density at radius 2 is 1.88 bits per heavy atom. The summed E-state index contributed by atoms with van der Waals surface area (Å²) in [6.07, 6.45) is 0. The third kappa shape index (κ3) is 3.35. The van der Waals surface area contributed by atoms with Gasteiger partial charge in [0, 0.05) is 11.4 Å². The summed E-state index contributed by atoms with van der Waals surface area (Å²) in [6, 6.07) is 6.28. The Kier molecular flexibility index (Phi) is 4.23. The van der Waals surface area contributed by atoms with Crippen LogP contribution in [0, 0.1) is 0 Å². The topological polar surface area (TPSA) is 46.2 Å². The number of hydrogen-bond acceptors (Lipinski definition) is 2. The molecule has 0 aromatic heterocycles. The van der Waals surface area contributed by atoms with E-state index >= 15 is 0 Å². The number of halogens is 2. The molecule has 90 valence electrons. The van der Waals surface area contributed by atoms with E-state index in [1.165, 1.54) is 12.1 Å². The van der Waals surface area contributed by atoms with Crippen molar-refractivity contribution in [2.24, 2.45) is 0 Å². The smallest absolute Gasteiger partial charge is 0.207 e. The highest BCUT2D eigenvalue weighted by atomic mass is 35.5. The van der Waals surface area contributed by atoms with Crippen molar-refractivity contribution in [3.63, 3.8) is 0 Å². The molecule has 0 fully saturated rings. The third-order valence-electron chi connectivity index (χ3n) is 1.87. The van der Waals surface area contributed by atoms with Crippen LogP contribution in [0.2, 0.25) is 5.02 Å². The van der Waals surface area contributed by atoms with Gasteiger partial charge in [-0.2, -0.15) is 0 Å². The average molecular weight is 282 g/mol. The maximum atomic E-state index is 12.0. The normalized spacial score (nSPS) is 12.8. The molecule has 0 aliphatic rings. The van der Waals surface area contributed by atoms with Crippen LogP contribution in [0.25, 0.3) is 0 Å². The predicted molar refractivity (Wildman–Crippen MR) is 66.6 cm³/mol.